The predicted molar refractivity (Wildman–Crippen MR) is 115 cm³/mol. The molecule has 0 aromatic heterocycles. The Labute approximate surface area is 180 Å². The van der Waals surface area contributed by atoms with E-state index in [4.69, 9.17) is 21.1 Å². The third-order valence-corrected chi connectivity index (χ3v) is 6.41. The molecule has 2 rings (SSSR count). The van der Waals surface area contributed by atoms with Gasteiger partial charge in [-0.1, -0.05) is 43.6 Å². The van der Waals surface area contributed by atoms with E-state index in [1.165, 1.54) is 19.3 Å². The number of esters is 1. The van der Waals surface area contributed by atoms with Crippen molar-refractivity contribution in [3.05, 3.63) is 24.3 Å². The van der Waals surface area contributed by atoms with Crippen LogP contribution in [-0.4, -0.2) is 53.1 Å². The summed E-state index contributed by atoms with van der Waals surface area (Å²) in [5.74, 6) is 0.0315. The SMILES string of the molecule is CC(C)OC(=O)COC/C=C/CC1C(Cl)CC(O)C1/C=C\C(O)C1CCCCC1. The van der Waals surface area contributed by atoms with E-state index in [1.54, 1.807) is 13.8 Å². The average Bonchev–Trinajstić information content (AvgIpc) is 2.95. The van der Waals surface area contributed by atoms with Crippen LogP contribution in [0.15, 0.2) is 24.3 Å². The van der Waals surface area contributed by atoms with Crippen molar-refractivity contribution in [3.63, 3.8) is 0 Å². The molecule has 29 heavy (non-hydrogen) atoms. The molecule has 2 saturated carbocycles. The number of allylic oxidation sites excluding steroid dienone is 1. The minimum atomic E-state index is -0.479. The Morgan fingerprint density at radius 3 is 2.62 bits per heavy atom. The van der Waals surface area contributed by atoms with Gasteiger partial charge in [-0.2, -0.15) is 0 Å². The number of carbonyl (C=O) groups excluding carboxylic acids is 1. The molecule has 0 aromatic rings. The number of carbonyl (C=O) groups is 1. The quantitative estimate of drug-likeness (QED) is 0.238. The van der Waals surface area contributed by atoms with Crippen molar-refractivity contribution in [1.82, 2.24) is 0 Å². The molecular formula is C23H37ClO5. The van der Waals surface area contributed by atoms with Gasteiger partial charge < -0.3 is 19.7 Å². The molecule has 5 nitrogen and oxygen atoms in total. The van der Waals surface area contributed by atoms with Gasteiger partial charge in [0.2, 0.25) is 0 Å². The highest BCUT2D eigenvalue weighted by atomic mass is 35.5. The Balaban J connectivity index is 1.78. The maximum Gasteiger partial charge on any atom is 0.332 e. The molecule has 2 N–H and O–H groups in total. The van der Waals surface area contributed by atoms with Crippen molar-refractivity contribution in [2.24, 2.45) is 17.8 Å². The summed E-state index contributed by atoms with van der Waals surface area (Å²) >= 11 is 6.48. The molecule has 6 heteroatoms. The summed E-state index contributed by atoms with van der Waals surface area (Å²) in [6.45, 7) is 3.87. The van der Waals surface area contributed by atoms with Gasteiger partial charge in [0.25, 0.3) is 0 Å². The Bertz CT molecular complexity index is 541. The van der Waals surface area contributed by atoms with Gasteiger partial charge in [-0.25, -0.2) is 4.79 Å². The summed E-state index contributed by atoms with van der Waals surface area (Å²) in [5.41, 5.74) is 0. The normalized spacial score (nSPS) is 29.9. The minimum absolute atomic E-state index is 0.0534. The van der Waals surface area contributed by atoms with Crippen LogP contribution in [0.1, 0.15) is 58.8 Å². The first-order valence-corrected chi connectivity index (χ1v) is 11.4. The van der Waals surface area contributed by atoms with Crippen molar-refractivity contribution in [2.75, 3.05) is 13.2 Å². The molecule has 5 unspecified atom stereocenters. The van der Waals surface area contributed by atoms with Gasteiger partial charge in [-0.15, -0.1) is 11.6 Å². The van der Waals surface area contributed by atoms with Crippen LogP contribution in [0.25, 0.3) is 0 Å². The monoisotopic (exact) mass is 428 g/mol. The van der Waals surface area contributed by atoms with Crippen LogP contribution in [0.4, 0.5) is 0 Å². The zero-order valence-corrected chi connectivity index (χ0v) is 18.5. The van der Waals surface area contributed by atoms with Gasteiger partial charge in [0.15, 0.2) is 0 Å². The van der Waals surface area contributed by atoms with E-state index in [9.17, 15) is 15.0 Å². The van der Waals surface area contributed by atoms with Gasteiger partial charge in [0.1, 0.15) is 6.61 Å². The van der Waals surface area contributed by atoms with Crippen LogP contribution in [0.5, 0.6) is 0 Å². The zero-order valence-electron chi connectivity index (χ0n) is 17.7. The Morgan fingerprint density at radius 1 is 1.21 bits per heavy atom. The zero-order chi connectivity index (χ0) is 21.2. The number of hydrogen-bond acceptors (Lipinski definition) is 5. The third-order valence-electron chi connectivity index (χ3n) is 5.91. The highest BCUT2D eigenvalue weighted by Gasteiger charge is 2.39. The highest BCUT2D eigenvalue weighted by Crippen LogP contribution is 2.39. The molecule has 0 amide bonds. The molecule has 0 bridgehead atoms. The summed E-state index contributed by atoms with van der Waals surface area (Å²) in [5, 5.41) is 20.8. The highest BCUT2D eigenvalue weighted by molar-refractivity contribution is 6.21. The van der Waals surface area contributed by atoms with Crippen molar-refractivity contribution in [1.29, 1.82) is 0 Å². The second-order valence-corrected chi connectivity index (χ2v) is 9.16. The van der Waals surface area contributed by atoms with Gasteiger partial charge >= 0.3 is 5.97 Å². The molecule has 166 valence electrons. The van der Waals surface area contributed by atoms with E-state index in [0.29, 0.717) is 18.9 Å². The number of ether oxygens (including phenoxy) is 2. The van der Waals surface area contributed by atoms with E-state index in [-0.39, 0.29) is 35.9 Å². The molecule has 0 saturated heterocycles. The van der Waals surface area contributed by atoms with Crippen molar-refractivity contribution >= 4 is 17.6 Å². The van der Waals surface area contributed by atoms with E-state index in [2.05, 4.69) is 0 Å². The molecule has 0 aromatic carbocycles. The van der Waals surface area contributed by atoms with E-state index in [1.807, 2.05) is 24.3 Å². The number of rotatable bonds is 10. The van der Waals surface area contributed by atoms with Crippen LogP contribution in [0.3, 0.4) is 0 Å². The van der Waals surface area contributed by atoms with Crippen LogP contribution in [0, 0.1) is 17.8 Å². The molecule has 0 aliphatic heterocycles. The van der Waals surface area contributed by atoms with Gasteiger partial charge in [0.05, 0.1) is 24.9 Å². The first-order chi connectivity index (χ1) is 13.9. The number of hydrogen-bond donors (Lipinski definition) is 2. The molecular weight excluding hydrogens is 392 g/mol. The summed E-state index contributed by atoms with van der Waals surface area (Å²) in [6, 6.07) is 0. The lowest BCUT2D eigenvalue weighted by molar-refractivity contribution is -0.152. The molecule has 5 atom stereocenters. The Hall–Kier alpha value is -0.880. The summed E-state index contributed by atoms with van der Waals surface area (Å²) in [6.07, 6.45) is 13.7. The second kappa shape index (κ2) is 12.7. The van der Waals surface area contributed by atoms with Gasteiger partial charge in [0, 0.05) is 11.3 Å². The standard InChI is InChI=1S/C23H37ClO5/c1-16(2)29-23(27)15-28-13-7-6-10-18-19(22(26)14-20(18)24)11-12-21(25)17-8-4-3-5-9-17/h6-7,11-12,16-22,25-26H,3-5,8-10,13-15H2,1-2H3/b7-6+,12-11-. The maximum atomic E-state index is 11.4. The Morgan fingerprint density at radius 2 is 1.93 bits per heavy atom. The lowest BCUT2D eigenvalue weighted by Crippen LogP contribution is -2.23. The molecule has 2 aliphatic rings. The van der Waals surface area contributed by atoms with Crippen LogP contribution >= 0.6 is 11.6 Å². The minimum Gasteiger partial charge on any atom is -0.461 e. The predicted octanol–water partition coefficient (Wildman–Crippen LogP) is 4.00. The lowest BCUT2D eigenvalue weighted by atomic mass is 9.84. The van der Waals surface area contributed by atoms with Crippen LogP contribution in [-0.2, 0) is 14.3 Å². The summed E-state index contributed by atoms with van der Waals surface area (Å²) in [7, 11) is 0. The fourth-order valence-electron chi connectivity index (χ4n) is 4.37. The molecule has 0 heterocycles. The van der Waals surface area contributed by atoms with Gasteiger partial charge in [-0.05, 0) is 51.4 Å². The summed E-state index contributed by atoms with van der Waals surface area (Å²) < 4.78 is 10.3. The van der Waals surface area contributed by atoms with Crippen molar-refractivity contribution in [3.8, 4) is 0 Å². The topological polar surface area (TPSA) is 76.0 Å². The average molecular weight is 429 g/mol. The first-order valence-electron chi connectivity index (χ1n) is 11.0. The molecule has 2 aliphatic carbocycles. The van der Waals surface area contributed by atoms with E-state index < -0.39 is 12.2 Å². The maximum absolute atomic E-state index is 11.4. The number of aliphatic hydroxyl groups excluding tert-OH is 2. The fraction of sp³-hybridized carbons (Fsp3) is 0.783. The molecule has 0 spiro atoms. The largest absolute Gasteiger partial charge is 0.461 e. The fourth-order valence-corrected chi connectivity index (χ4v) is 4.82. The summed E-state index contributed by atoms with van der Waals surface area (Å²) in [4.78, 5) is 11.4. The Kier molecular flexibility index (Phi) is 10.7. The van der Waals surface area contributed by atoms with E-state index in [0.717, 1.165) is 19.3 Å². The smallest absolute Gasteiger partial charge is 0.332 e. The van der Waals surface area contributed by atoms with Crippen LogP contribution < -0.4 is 0 Å². The number of halogens is 1. The molecule has 2 fully saturated rings. The number of aliphatic hydroxyl groups is 2. The van der Waals surface area contributed by atoms with Crippen LogP contribution in [0.2, 0.25) is 0 Å². The molecule has 0 radical (unpaired) electrons. The van der Waals surface area contributed by atoms with Gasteiger partial charge in [-0.3, -0.25) is 0 Å². The van der Waals surface area contributed by atoms with E-state index >= 15 is 0 Å². The second-order valence-electron chi connectivity index (χ2n) is 8.59. The lowest BCUT2D eigenvalue weighted by Gasteiger charge is -2.25. The van der Waals surface area contributed by atoms with Crippen molar-refractivity contribution < 1.29 is 24.5 Å². The number of alkyl halides is 1. The first kappa shape index (κ1) is 24.4. The van der Waals surface area contributed by atoms with Crippen molar-refractivity contribution in [2.45, 2.75) is 82.5 Å². The third kappa shape index (κ3) is 8.41.